The van der Waals surface area contributed by atoms with Gasteiger partial charge in [-0.2, -0.15) is 10.2 Å². The van der Waals surface area contributed by atoms with Crippen molar-refractivity contribution in [3.8, 4) is 0 Å². The fraction of sp³-hybridized carbons (Fsp3) is 0.435. The summed E-state index contributed by atoms with van der Waals surface area (Å²) in [6.07, 6.45) is 5.03. The second kappa shape index (κ2) is 10.7. The molecule has 2 aromatic rings. The number of nitrogens with two attached hydrogens (primary N) is 1. The van der Waals surface area contributed by atoms with Crippen LogP contribution in [-0.4, -0.2) is 33.5 Å². The Hall–Kier alpha value is -2.78. The molecule has 3 N–H and O–H groups in total. The molecule has 32 heavy (non-hydrogen) atoms. The number of carbonyl (C=O) groups excluding carboxylic acids is 1. The Morgan fingerprint density at radius 1 is 1.00 bits per heavy atom. The third-order valence-corrected chi connectivity index (χ3v) is 6.68. The minimum absolute atomic E-state index is 0.00796. The van der Waals surface area contributed by atoms with Crippen molar-refractivity contribution < 1.29 is 13.2 Å². The van der Waals surface area contributed by atoms with Crippen molar-refractivity contribution in [3.05, 3.63) is 48.0 Å². The number of amides is 1. The molecule has 1 fully saturated rings. The van der Waals surface area contributed by atoms with Crippen molar-refractivity contribution in [2.45, 2.75) is 56.9 Å². The van der Waals surface area contributed by atoms with Gasteiger partial charge in [0.05, 0.1) is 21.8 Å². The molecule has 1 amide bonds. The Balaban J connectivity index is 1.82. The first kappa shape index (κ1) is 23.9. The van der Waals surface area contributed by atoms with Crippen molar-refractivity contribution in [2.24, 2.45) is 15.4 Å². The van der Waals surface area contributed by atoms with Crippen molar-refractivity contribution in [2.75, 3.05) is 18.0 Å². The second-order valence-corrected chi connectivity index (χ2v) is 9.45. The predicted molar refractivity (Wildman–Crippen MR) is 126 cm³/mol. The molecule has 0 unspecified atom stereocenters. The third-order valence-electron chi connectivity index (χ3n) is 5.71. The quantitative estimate of drug-likeness (QED) is 0.561. The lowest BCUT2D eigenvalue weighted by Crippen LogP contribution is -2.37. The lowest BCUT2D eigenvalue weighted by molar-refractivity contribution is 0.0924. The summed E-state index contributed by atoms with van der Waals surface area (Å²) in [6, 6.07) is 12.0. The summed E-state index contributed by atoms with van der Waals surface area (Å²) in [5.41, 5.74) is 2.13. The molecule has 0 bridgehead atoms. The van der Waals surface area contributed by atoms with Crippen LogP contribution in [0.2, 0.25) is 0 Å². The summed E-state index contributed by atoms with van der Waals surface area (Å²) in [4.78, 5) is 14.9. The molecule has 0 spiro atoms. The van der Waals surface area contributed by atoms with Crippen LogP contribution < -0.4 is 15.4 Å². The van der Waals surface area contributed by atoms with Crippen molar-refractivity contribution >= 4 is 33.0 Å². The number of carbonyl (C=O) groups is 1. The summed E-state index contributed by atoms with van der Waals surface area (Å²) < 4.78 is 24.0. The van der Waals surface area contributed by atoms with Gasteiger partial charge in [-0.15, -0.1) is 0 Å². The first-order valence-electron chi connectivity index (χ1n) is 11.1. The van der Waals surface area contributed by atoms with Crippen LogP contribution in [-0.2, 0) is 10.0 Å². The van der Waals surface area contributed by atoms with Gasteiger partial charge in [0.1, 0.15) is 0 Å². The van der Waals surface area contributed by atoms with Gasteiger partial charge >= 0.3 is 0 Å². The maximum Gasteiger partial charge on any atom is 0.252 e. The van der Waals surface area contributed by atoms with Gasteiger partial charge in [-0.05, 0) is 69.2 Å². The Bertz CT molecular complexity index is 1060. The second-order valence-electron chi connectivity index (χ2n) is 7.92. The van der Waals surface area contributed by atoms with Crippen LogP contribution in [0, 0.1) is 0 Å². The molecule has 0 radical (unpaired) electrons. The number of anilines is 1. The smallest absolute Gasteiger partial charge is 0.252 e. The summed E-state index contributed by atoms with van der Waals surface area (Å²) in [6.45, 7) is 6.04. The zero-order chi connectivity index (χ0) is 23.1. The average Bonchev–Trinajstić information content (AvgIpc) is 2.79. The summed E-state index contributed by atoms with van der Waals surface area (Å²) in [7, 11) is -4.06. The highest BCUT2D eigenvalue weighted by Gasteiger charge is 2.23. The minimum atomic E-state index is -4.06. The molecule has 172 valence electrons. The van der Waals surface area contributed by atoms with Gasteiger partial charge in [-0.3, -0.25) is 4.79 Å². The van der Waals surface area contributed by atoms with Gasteiger partial charge < -0.3 is 10.2 Å². The predicted octanol–water partition coefficient (Wildman–Crippen LogP) is 4.66. The Morgan fingerprint density at radius 3 is 2.19 bits per heavy atom. The highest BCUT2D eigenvalue weighted by atomic mass is 32.2. The van der Waals surface area contributed by atoms with Crippen LogP contribution in [0.5, 0.6) is 0 Å². The fourth-order valence-corrected chi connectivity index (χ4v) is 4.67. The molecule has 0 heterocycles. The maximum absolute atomic E-state index is 12.9. The van der Waals surface area contributed by atoms with E-state index in [9.17, 15) is 13.2 Å². The third kappa shape index (κ3) is 6.14. The number of benzene rings is 2. The van der Waals surface area contributed by atoms with Crippen LogP contribution in [0.4, 0.5) is 17.1 Å². The molecule has 1 saturated carbocycles. The van der Waals surface area contributed by atoms with Gasteiger partial charge in [0.15, 0.2) is 0 Å². The summed E-state index contributed by atoms with van der Waals surface area (Å²) >= 11 is 0. The van der Waals surface area contributed by atoms with E-state index in [-0.39, 0.29) is 16.5 Å². The zero-order valence-corrected chi connectivity index (χ0v) is 19.4. The van der Waals surface area contributed by atoms with E-state index < -0.39 is 15.9 Å². The molecule has 8 nitrogen and oxygen atoms in total. The molecule has 0 atom stereocenters. The van der Waals surface area contributed by atoms with Crippen LogP contribution >= 0.6 is 0 Å². The Morgan fingerprint density at radius 2 is 1.59 bits per heavy atom. The van der Waals surface area contributed by atoms with E-state index in [2.05, 4.69) is 34.3 Å². The zero-order valence-electron chi connectivity index (χ0n) is 18.6. The number of hydrogen-bond acceptors (Lipinski definition) is 6. The molecule has 0 saturated heterocycles. The normalized spacial score (nSPS) is 15.1. The van der Waals surface area contributed by atoms with E-state index >= 15 is 0 Å². The Kier molecular flexibility index (Phi) is 7.98. The minimum Gasteiger partial charge on any atom is -0.372 e. The van der Waals surface area contributed by atoms with E-state index in [4.69, 9.17) is 5.14 Å². The lowest BCUT2D eigenvalue weighted by Gasteiger charge is -2.23. The summed E-state index contributed by atoms with van der Waals surface area (Å²) in [5, 5.41) is 16.7. The first-order chi connectivity index (χ1) is 15.3. The molecular formula is C23H31N5O3S. The topological polar surface area (TPSA) is 117 Å². The molecule has 0 aliphatic heterocycles. The van der Waals surface area contributed by atoms with Crippen LogP contribution in [0.1, 0.15) is 56.3 Å². The van der Waals surface area contributed by atoms with Gasteiger partial charge in [0, 0.05) is 24.8 Å². The largest absolute Gasteiger partial charge is 0.372 e. The van der Waals surface area contributed by atoms with E-state index in [1.54, 1.807) is 0 Å². The molecule has 1 aliphatic rings. The number of rotatable bonds is 8. The molecule has 3 rings (SSSR count). The first-order valence-corrected chi connectivity index (χ1v) is 12.6. The maximum atomic E-state index is 12.9. The number of azo groups is 1. The van der Waals surface area contributed by atoms with Gasteiger partial charge in [0.25, 0.3) is 5.91 Å². The molecule has 0 aromatic heterocycles. The molecule has 1 aliphatic carbocycles. The van der Waals surface area contributed by atoms with E-state index in [1.165, 1.54) is 18.2 Å². The van der Waals surface area contributed by atoms with Gasteiger partial charge in [-0.25, -0.2) is 13.6 Å². The van der Waals surface area contributed by atoms with E-state index in [0.29, 0.717) is 11.4 Å². The van der Waals surface area contributed by atoms with Gasteiger partial charge in [-0.1, -0.05) is 19.3 Å². The van der Waals surface area contributed by atoms with Crippen LogP contribution in [0.3, 0.4) is 0 Å². The molecule has 2 aromatic carbocycles. The van der Waals surface area contributed by atoms with Crippen LogP contribution in [0.25, 0.3) is 0 Å². The molecule has 9 heteroatoms. The number of nitrogens with one attached hydrogen (secondary N) is 1. The number of hydrogen-bond donors (Lipinski definition) is 2. The summed E-state index contributed by atoms with van der Waals surface area (Å²) in [5.74, 6) is -0.457. The monoisotopic (exact) mass is 457 g/mol. The Labute approximate surface area is 190 Å². The van der Waals surface area contributed by atoms with Crippen LogP contribution in [0.15, 0.2) is 57.6 Å². The van der Waals surface area contributed by atoms with E-state index in [0.717, 1.165) is 50.9 Å². The average molecular weight is 458 g/mol. The highest BCUT2D eigenvalue weighted by Crippen LogP contribution is 2.26. The van der Waals surface area contributed by atoms with Crippen molar-refractivity contribution in [1.29, 1.82) is 0 Å². The van der Waals surface area contributed by atoms with Crippen molar-refractivity contribution in [1.82, 2.24) is 5.32 Å². The standard InChI is InChI=1S/C23H31N5O3S/c1-3-28(4-2)20-13-10-18(11-14-20)26-27-19-12-15-22(32(24,30)31)21(16-19)23(29)25-17-8-6-5-7-9-17/h10-17H,3-9H2,1-2H3,(H,25,29)(H2,24,30,31). The number of sulfonamides is 1. The fourth-order valence-electron chi connectivity index (χ4n) is 3.95. The van der Waals surface area contributed by atoms with Gasteiger partial charge in [0.2, 0.25) is 10.0 Å². The SMILES string of the molecule is CCN(CC)c1ccc(N=Nc2ccc(S(N)(=O)=O)c(C(=O)NC3CCCCC3)c2)cc1. The number of nitrogens with zero attached hydrogens (tertiary/aromatic N) is 3. The lowest BCUT2D eigenvalue weighted by atomic mass is 9.95. The van der Waals surface area contributed by atoms with E-state index in [1.807, 2.05) is 24.3 Å². The highest BCUT2D eigenvalue weighted by molar-refractivity contribution is 7.89. The molecular weight excluding hydrogens is 426 g/mol. The van der Waals surface area contributed by atoms with Crippen molar-refractivity contribution in [3.63, 3.8) is 0 Å². The number of primary sulfonamides is 1.